The number of carbonyl (C=O) groups is 1. The van der Waals surface area contributed by atoms with Crippen LogP contribution in [0.5, 0.6) is 0 Å². The monoisotopic (exact) mass is 314 g/mol. The minimum Gasteiger partial charge on any atom is -0.347 e. The van der Waals surface area contributed by atoms with Crippen LogP contribution in [0, 0.1) is 5.92 Å². The molecule has 0 spiro atoms. The zero-order valence-electron chi connectivity index (χ0n) is 9.49. The molecule has 1 aromatic heterocycles. The predicted octanol–water partition coefficient (Wildman–Crippen LogP) is 2.33. The van der Waals surface area contributed by atoms with E-state index in [9.17, 15) is 4.79 Å². The molecule has 1 N–H and O–H groups in total. The summed E-state index contributed by atoms with van der Waals surface area (Å²) in [6, 6.07) is 2.24. The third-order valence-electron chi connectivity index (χ3n) is 3.76. The Kier molecular flexibility index (Phi) is 3.23. The van der Waals surface area contributed by atoms with E-state index < -0.39 is 0 Å². The lowest BCUT2D eigenvalue weighted by atomic mass is 9.84. The fourth-order valence-corrected chi connectivity index (χ4v) is 4.13. The standard InChI is InChI=1S/C12H15BrN2OS/c13-9-5-11(17-7-9)12(16)14-10-6-15-3-1-8(10)2-4-15/h5,7-8,10H,1-4,6H2,(H,14,16). The maximum Gasteiger partial charge on any atom is 0.261 e. The number of piperidine rings is 3. The molecule has 3 saturated heterocycles. The van der Waals surface area contributed by atoms with Gasteiger partial charge in [0.25, 0.3) is 5.91 Å². The van der Waals surface area contributed by atoms with E-state index in [-0.39, 0.29) is 5.91 Å². The number of rotatable bonds is 2. The molecule has 3 aliphatic heterocycles. The van der Waals surface area contributed by atoms with Crippen molar-refractivity contribution in [2.75, 3.05) is 19.6 Å². The summed E-state index contributed by atoms with van der Waals surface area (Å²) in [6.07, 6.45) is 2.47. The molecular weight excluding hydrogens is 300 g/mol. The average molecular weight is 315 g/mol. The van der Waals surface area contributed by atoms with Crippen molar-refractivity contribution in [3.05, 3.63) is 20.8 Å². The van der Waals surface area contributed by atoms with E-state index in [0.29, 0.717) is 12.0 Å². The van der Waals surface area contributed by atoms with Gasteiger partial charge >= 0.3 is 0 Å². The summed E-state index contributed by atoms with van der Waals surface area (Å²) < 4.78 is 0.988. The predicted molar refractivity (Wildman–Crippen MR) is 72.4 cm³/mol. The Bertz CT molecular complexity index is 426. The van der Waals surface area contributed by atoms with E-state index >= 15 is 0 Å². The maximum atomic E-state index is 12.1. The molecule has 4 heterocycles. The molecule has 5 heteroatoms. The molecule has 0 radical (unpaired) electrons. The average Bonchev–Trinajstić information content (AvgIpc) is 2.77. The summed E-state index contributed by atoms with van der Waals surface area (Å²) in [5.74, 6) is 0.770. The van der Waals surface area contributed by atoms with Crippen LogP contribution in [0.25, 0.3) is 0 Å². The van der Waals surface area contributed by atoms with Gasteiger partial charge in [-0.2, -0.15) is 0 Å². The number of thiophene rings is 1. The Balaban J connectivity index is 1.65. The molecule has 0 aromatic carbocycles. The Labute approximate surface area is 113 Å². The first-order valence-electron chi connectivity index (χ1n) is 5.99. The molecule has 1 atom stereocenters. The highest BCUT2D eigenvalue weighted by atomic mass is 79.9. The van der Waals surface area contributed by atoms with Gasteiger partial charge in [0.05, 0.1) is 4.88 Å². The highest BCUT2D eigenvalue weighted by molar-refractivity contribution is 9.10. The van der Waals surface area contributed by atoms with Crippen molar-refractivity contribution in [3.8, 4) is 0 Å². The highest BCUT2D eigenvalue weighted by Gasteiger charge is 2.35. The molecule has 1 amide bonds. The fraction of sp³-hybridized carbons (Fsp3) is 0.583. The fourth-order valence-electron chi connectivity index (χ4n) is 2.80. The van der Waals surface area contributed by atoms with Gasteiger partial charge in [0.1, 0.15) is 0 Å². The number of halogens is 1. The van der Waals surface area contributed by atoms with Crippen LogP contribution in [0.15, 0.2) is 15.9 Å². The van der Waals surface area contributed by atoms with Gasteiger partial charge < -0.3 is 10.2 Å². The van der Waals surface area contributed by atoms with Crippen LogP contribution >= 0.6 is 27.3 Å². The van der Waals surface area contributed by atoms with Gasteiger partial charge in [0.15, 0.2) is 0 Å². The lowest BCUT2D eigenvalue weighted by Crippen LogP contribution is -2.57. The molecule has 0 aliphatic carbocycles. The number of amides is 1. The third kappa shape index (κ3) is 2.41. The summed E-state index contributed by atoms with van der Waals surface area (Å²) in [7, 11) is 0. The van der Waals surface area contributed by atoms with Gasteiger partial charge in [-0.05, 0) is 53.8 Å². The third-order valence-corrected chi connectivity index (χ3v) is 5.45. The number of hydrogen-bond donors (Lipinski definition) is 1. The van der Waals surface area contributed by atoms with Gasteiger partial charge in [0, 0.05) is 22.4 Å². The van der Waals surface area contributed by atoms with Crippen molar-refractivity contribution in [1.82, 2.24) is 10.2 Å². The van der Waals surface area contributed by atoms with Gasteiger partial charge in [-0.25, -0.2) is 0 Å². The van der Waals surface area contributed by atoms with Crippen molar-refractivity contribution in [2.24, 2.45) is 5.92 Å². The first-order valence-corrected chi connectivity index (χ1v) is 7.67. The summed E-state index contributed by atoms with van der Waals surface area (Å²) >= 11 is 4.87. The molecule has 3 fully saturated rings. The van der Waals surface area contributed by atoms with Crippen molar-refractivity contribution in [2.45, 2.75) is 18.9 Å². The van der Waals surface area contributed by atoms with Gasteiger partial charge in [-0.3, -0.25) is 4.79 Å². The van der Waals surface area contributed by atoms with Crippen LogP contribution in [0.4, 0.5) is 0 Å². The van der Waals surface area contributed by atoms with Gasteiger partial charge in [-0.15, -0.1) is 11.3 Å². The second-order valence-corrected chi connectivity index (χ2v) is 6.67. The minimum atomic E-state index is 0.0828. The summed E-state index contributed by atoms with van der Waals surface area (Å²) in [5, 5.41) is 5.14. The quantitative estimate of drug-likeness (QED) is 0.908. The Morgan fingerprint density at radius 3 is 2.76 bits per heavy atom. The molecule has 1 unspecified atom stereocenters. The molecule has 3 aliphatic rings. The summed E-state index contributed by atoms with van der Waals surface area (Å²) in [5.41, 5.74) is 0. The van der Waals surface area contributed by atoms with Crippen LogP contribution in [-0.2, 0) is 0 Å². The topological polar surface area (TPSA) is 32.3 Å². The number of carbonyl (C=O) groups excluding carboxylic acids is 1. The minimum absolute atomic E-state index is 0.0828. The van der Waals surface area contributed by atoms with E-state index in [1.807, 2.05) is 11.4 Å². The number of nitrogens with one attached hydrogen (secondary N) is 1. The highest BCUT2D eigenvalue weighted by Crippen LogP contribution is 2.28. The molecule has 2 bridgehead atoms. The molecule has 0 saturated carbocycles. The largest absolute Gasteiger partial charge is 0.347 e. The Morgan fingerprint density at radius 1 is 1.47 bits per heavy atom. The SMILES string of the molecule is O=C(NC1CN2CCC1CC2)c1cc(Br)cs1. The zero-order chi connectivity index (χ0) is 11.8. The first-order chi connectivity index (χ1) is 8.22. The van der Waals surface area contributed by atoms with Crippen molar-refractivity contribution >= 4 is 33.2 Å². The number of hydrogen-bond acceptors (Lipinski definition) is 3. The van der Waals surface area contributed by atoms with Gasteiger partial charge in [-0.1, -0.05) is 0 Å². The van der Waals surface area contributed by atoms with E-state index in [2.05, 4.69) is 26.1 Å². The van der Waals surface area contributed by atoms with Crippen molar-refractivity contribution in [3.63, 3.8) is 0 Å². The van der Waals surface area contributed by atoms with Crippen LogP contribution in [0.1, 0.15) is 22.5 Å². The lowest BCUT2D eigenvalue weighted by Gasteiger charge is -2.44. The summed E-state index contributed by atoms with van der Waals surface area (Å²) in [4.78, 5) is 15.3. The van der Waals surface area contributed by atoms with Crippen LogP contribution in [0.3, 0.4) is 0 Å². The van der Waals surface area contributed by atoms with Crippen LogP contribution < -0.4 is 5.32 Å². The number of fused-ring (bicyclic) bond motifs is 3. The smallest absolute Gasteiger partial charge is 0.261 e. The van der Waals surface area contributed by atoms with Gasteiger partial charge in [0.2, 0.25) is 0 Å². The van der Waals surface area contributed by atoms with Crippen LogP contribution in [0.2, 0.25) is 0 Å². The van der Waals surface area contributed by atoms with Crippen LogP contribution in [-0.4, -0.2) is 36.5 Å². The van der Waals surface area contributed by atoms with E-state index in [0.717, 1.165) is 15.9 Å². The molecule has 17 heavy (non-hydrogen) atoms. The van der Waals surface area contributed by atoms with Crippen molar-refractivity contribution in [1.29, 1.82) is 0 Å². The number of nitrogens with zero attached hydrogens (tertiary/aromatic N) is 1. The van der Waals surface area contributed by atoms with E-state index in [1.165, 1.54) is 37.3 Å². The molecule has 3 nitrogen and oxygen atoms in total. The summed E-state index contributed by atoms with van der Waals surface area (Å²) in [6.45, 7) is 3.45. The normalized spacial score (nSPS) is 31.5. The van der Waals surface area contributed by atoms with E-state index in [4.69, 9.17) is 0 Å². The Hall–Kier alpha value is -0.390. The molecular formula is C12H15BrN2OS. The lowest BCUT2D eigenvalue weighted by molar-refractivity contribution is 0.0622. The molecule has 1 aromatic rings. The maximum absolute atomic E-state index is 12.1. The zero-order valence-corrected chi connectivity index (χ0v) is 11.9. The Morgan fingerprint density at radius 2 is 2.24 bits per heavy atom. The molecule has 4 rings (SSSR count). The van der Waals surface area contributed by atoms with E-state index in [1.54, 1.807) is 0 Å². The second kappa shape index (κ2) is 4.71. The molecule has 92 valence electrons. The first kappa shape index (κ1) is 11.7. The van der Waals surface area contributed by atoms with Crippen molar-refractivity contribution < 1.29 is 4.79 Å². The second-order valence-electron chi connectivity index (χ2n) is 4.85.